The number of fused-ring (bicyclic) bond motifs is 6. The van der Waals surface area contributed by atoms with Crippen LogP contribution in [-0.2, 0) is 33.5 Å². The number of Topliss-reactive ketones (excluding diaryl/α,β-unsaturated/α-hetero) is 2. The second-order valence-corrected chi connectivity index (χ2v) is 26.5. The molecule has 18 nitrogen and oxygen atoms in total. The minimum atomic E-state index is -1.07. The van der Waals surface area contributed by atoms with Crippen molar-refractivity contribution in [2.24, 2.45) is 46.3 Å². The lowest BCUT2D eigenvalue weighted by atomic mass is 9.84. The van der Waals surface area contributed by atoms with Gasteiger partial charge in [0.2, 0.25) is 11.8 Å². The number of carbonyl (C=O) groups excluding carboxylic acids is 5. The number of carbonyl (C=O) groups is 6. The van der Waals surface area contributed by atoms with E-state index in [1.165, 1.54) is 22.7 Å². The van der Waals surface area contributed by atoms with Gasteiger partial charge in [0, 0.05) is 109 Å². The molecule has 1 N–H and O–H groups in total. The van der Waals surface area contributed by atoms with Crippen molar-refractivity contribution in [2.75, 3.05) is 48.0 Å². The number of ketones is 2. The molecule has 2 aliphatic heterocycles. The number of aryl methyl sites for hydroxylation is 2. The van der Waals surface area contributed by atoms with Gasteiger partial charge in [0.05, 0.1) is 54.5 Å². The van der Waals surface area contributed by atoms with Crippen molar-refractivity contribution in [2.45, 2.75) is 123 Å². The van der Waals surface area contributed by atoms with E-state index in [1.54, 1.807) is 50.4 Å². The Hall–Kier alpha value is -7.58. The minimum Gasteiger partial charge on any atom is -0.496 e. The highest BCUT2D eigenvalue weighted by molar-refractivity contribution is 7.13. The molecule has 10 atom stereocenters. The van der Waals surface area contributed by atoms with Crippen molar-refractivity contribution in [1.82, 2.24) is 29.7 Å². The number of hydrogen-bond acceptors (Lipinski definition) is 17. The molecule has 0 spiro atoms. The molecule has 4 fully saturated rings. The van der Waals surface area contributed by atoms with Crippen molar-refractivity contribution in [3.63, 3.8) is 0 Å². The van der Waals surface area contributed by atoms with Crippen molar-refractivity contribution < 1.29 is 57.6 Å². The molecule has 0 saturated heterocycles. The number of carboxylic acids is 1. The van der Waals surface area contributed by atoms with Crippen LogP contribution in [0, 0.1) is 60.2 Å². The summed E-state index contributed by atoms with van der Waals surface area (Å²) in [6, 6.07) is 11.4. The zero-order valence-electron chi connectivity index (χ0n) is 51.2. The van der Waals surface area contributed by atoms with Crippen molar-refractivity contribution in [3.05, 3.63) is 95.0 Å². The number of amides is 2. The first-order valence-corrected chi connectivity index (χ1v) is 32.6. The van der Waals surface area contributed by atoms with E-state index in [2.05, 4.69) is 22.1 Å². The lowest BCUT2D eigenvalue weighted by Crippen LogP contribution is -2.38. The highest BCUT2D eigenvalue weighted by atomic mass is 32.1. The number of methoxy groups -OCH3 is 2. The van der Waals surface area contributed by atoms with E-state index in [9.17, 15) is 33.9 Å². The average molecular weight is 1240 g/mol. The molecule has 6 aliphatic rings. The van der Waals surface area contributed by atoms with Gasteiger partial charge in [-0.15, -0.1) is 22.7 Å². The summed E-state index contributed by atoms with van der Waals surface area (Å²) in [5.74, 6) is -1.25. The monoisotopic (exact) mass is 1230 g/mol. The van der Waals surface area contributed by atoms with Gasteiger partial charge in [0.1, 0.15) is 68.2 Å². The summed E-state index contributed by atoms with van der Waals surface area (Å²) in [5.41, 5.74) is 2.71. The van der Waals surface area contributed by atoms with Crippen LogP contribution >= 0.6 is 22.7 Å². The number of hydrogen-bond donors (Lipinski definition) is 1. The Kier molecular flexibility index (Phi) is 18.5. The summed E-state index contributed by atoms with van der Waals surface area (Å²) in [7, 11) is 6.88. The Morgan fingerprint density at radius 2 is 1.07 bits per heavy atom. The molecule has 0 radical (unpaired) electrons. The Bertz CT molecular complexity index is 3680. The third kappa shape index (κ3) is 12.6. The maximum Gasteiger partial charge on any atom is 0.313 e. The first-order chi connectivity index (χ1) is 42.5. The van der Waals surface area contributed by atoms with Crippen LogP contribution < -0.4 is 18.9 Å². The highest BCUT2D eigenvalue weighted by Crippen LogP contribution is 2.59. The van der Waals surface area contributed by atoms with Gasteiger partial charge in [0.15, 0.2) is 0 Å². The predicted molar refractivity (Wildman–Crippen MR) is 335 cm³/mol. The van der Waals surface area contributed by atoms with E-state index in [-0.39, 0.29) is 66.7 Å². The van der Waals surface area contributed by atoms with Crippen molar-refractivity contribution >= 4 is 79.8 Å². The number of aromatic nitrogens is 4. The quantitative estimate of drug-likeness (QED) is 0.0939. The Labute approximate surface area is 521 Å². The third-order valence-corrected chi connectivity index (χ3v) is 20.8. The van der Waals surface area contributed by atoms with Crippen LogP contribution in [-0.4, -0.2) is 130 Å². The second-order valence-electron chi connectivity index (χ2n) is 24.7. The third-order valence-electron chi connectivity index (χ3n) is 19.2. The normalized spacial score (nSPS) is 28.2. The molecule has 4 saturated carbocycles. The smallest absolute Gasteiger partial charge is 0.313 e. The molecule has 2 amide bonds. The highest BCUT2D eigenvalue weighted by Gasteiger charge is 2.63. The van der Waals surface area contributed by atoms with Crippen LogP contribution in [0.2, 0.25) is 0 Å². The van der Waals surface area contributed by atoms with Crippen LogP contribution in [0.1, 0.15) is 108 Å². The molecule has 0 unspecified atom stereocenters. The van der Waals surface area contributed by atoms with Crippen LogP contribution in [0.4, 0.5) is 0 Å². The average Bonchev–Trinajstić information content (AvgIpc) is 1.63. The van der Waals surface area contributed by atoms with E-state index in [4.69, 9.17) is 33.7 Å². The van der Waals surface area contributed by atoms with Gasteiger partial charge < -0.3 is 38.6 Å². The zero-order chi connectivity index (χ0) is 62.0. The number of allylic oxidation sites excluding steroid dienone is 4. The lowest BCUT2D eigenvalue weighted by molar-refractivity contribution is -0.152. The van der Waals surface area contributed by atoms with E-state index < -0.39 is 46.6 Å². The van der Waals surface area contributed by atoms with Gasteiger partial charge in [-0.1, -0.05) is 24.3 Å². The van der Waals surface area contributed by atoms with Gasteiger partial charge >= 0.3 is 11.9 Å². The molecule has 6 aromatic rings. The molecular weight excluding hydrogens is 1160 g/mol. The molecule has 20 heteroatoms. The fourth-order valence-corrected chi connectivity index (χ4v) is 15.2. The molecule has 88 heavy (non-hydrogen) atoms. The second kappa shape index (κ2) is 26.2. The van der Waals surface area contributed by atoms with Crippen LogP contribution in [0.25, 0.3) is 43.2 Å². The Balaban J connectivity index is 0.000000182. The molecule has 4 aliphatic carbocycles. The SMILES string of the molecule is CCOC(=O)[C@]12CC(=O)[C@@H]3C[C@@H](Oc4cc(-c5nccs5)nc5c(C)c(OC)ccc45)C[C@H]3C(=O)N(C)CCCC/C=C\[C@@H]1C2.COc1ccc2c(O[C@@H]3C[C@H]4C(=O)C[C@]5(C(=O)O)C[C@H]5/C=C\CCCCN(C)C(=O)[C@@H]4C3)cc(-c3nccs3)nc2c1C. The van der Waals surface area contributed by atoms with Gasteiger partial charge in [0.25, 0.3) is 0 Å². The zero-order valence-corrected chi connectivity index (χ0v) is 52.8. The number of aliphatic carboxylic acids is 1. The molecule has 6 heterocycles. The van der Waals surface area contributed by atoms with E-state index >= 15 is 0 Å². The number of nitrogens with zero attached hydrogens (tertiary/aromatic N) is 6. The van der Waals surface area contributed by atoms with Gasteiger partial charge in [-0.2, -0.15) is 0 Å². The van der Waals surface area contributed by atoms with Crippen molar-refractivity contribution in [3.8, 4) is 44.4 Å². The summed E-state index contributed by atoms with van der Waals surface area (Å²) >= 11 is 2.98. The minimum absolute atomic E-state index is 0.0126. The van der Waals surface area contributed by atoms with Gasteiger partial charge in [-0.05, 0) is 134 Å². The van der Waals surface area contributed by atoms with Crippen LogP contribution in [0.3, 0.4) is 0 Å². The first-order valence-electron chi connectivity index (χ1n) is 30.9. The summed E-state index contributed by atoms with van der Waals surface area (Å²) in [5, 5.41) is 17.1. The lowest BCUT2D eigenvalue weighted by Gasteiger charge is -2.25. The predicted octanol–water partition coefficient (Wildman–Crippen LogP) is 11.9. The number of pyridine rings is 2. The molecule has 464 valence electrons. The molecule has 4 aromatic heterocycles. The fraction of sp³-hybridized carbons (Fsp3) is 0.500. The number of ether oxygens (including phenoxy) is 5. The first kappa shape index (κ1) is 62.0. The molecular formula is C68H78N6O12S2. The number of rotatable bonds is 11. The number of thiazole rings is 2. The molecule has 2 aromatic carbocycles. The molecule has 12 rings (SSSR count). The van der Waals surface area contributed by atoms with Crippen LogP contribution in [0.5, 0.6) is 23.0 Å². The number of carboxylic acid groups (broad SMARTS) is 1. The Morgan fingerprint density at radius 3 is 1.50 bits per heavy atom. The summed E-state index contributed by atoms with van der Waals surface area (Å²) in [6.07, 6.45) is 18.8. The summed E-state index contributed by atoms with van der Waals surface area (Å²) < 4.78 is 30.0. The summed E-state index contributed by atoms with van der Waals surface area (Å²) in [6.45, 7) is 7.23. The van der Waals surface area contributed by atoms with E-state index in [0.29, 0.717) is 80.3 Å². The van der Waals surface area contributed by atoms with Crippen molar-refractivity contribution in [1.29, 1.82) is 0 Å². The van der Waals surface area contributed by atoms with E-state index in [1.807, 2.05) is 80.2 Å². The van der Waals surface area contributed by atoms with Gasteiger partial charge in [-0.3, -0.25) is 28.8 Å². The topological polar surface area (TPSA) is 227 Å². The standard InChI is InChI=1S/C35H41N3O6S.C33H37N3O6S/c1-5-43-34(41)35-19-22(35)10-8-6-7-9-14-38(3)33(40)26-17-23(16-25(26)28(39)20-35)44-30-18-27(32-36-13-15-45-32)37-31-21(2)29(42-4)12-11-24(30)31;1-19-27(41-3)10-9-22-28(16-25(35-29(19)22)30-34-11-13-43-30)42-21-14-23-24(15-21)31(38)36(2)12-7-5-4-6-8-20-17-33(20,32(39)40)18-26(23)37/h8,10-13,15,18,22-23,25-26H,5-7,9,14,16-17,19-20H2,1-4H3;6,8-11,13,16,20-21,23-24H,4-5,7,12,14-15,17-18H2,1-3H3,(H,39,40)/b10-8-;8-6-/t22-,23-,25-,26-,35-;20-,21-,23-,24-,33-/m11/s1. The Morgan fingerprint density at radius 1 is 0.625 bits per heavy atom. The maximum absolute atomic E-state index is 14.1. The van der Waals surface area contributed by atoms with E-state index in [0.717, 1.165) is 87.2 Å². The fourth-order valence-electron chi connectivity index (χ4n) is 14.0. The molecule has 0 bridgehead atoms. The number of esters is 1. The summed E-state index contributed by atoms with van der Waals surface area (Å²) in [4.78, 5) is 103. The van der Waals surface area contributed by atoms with Crippen LogP contribution in [0.15, 0.2) is 83.9 Å². The largest absolute Gasteiger partial charge is 0.496 e. The maximum atomic E-state index is 14.1. The number of benzene rings is 2. The van der Waals surface area contributed by atoms with Gasteiger partial charge in [-0.25, -0.2) is 19.9 Å².